The molecule has 0 atom stereocenters. The lowest BCUT2D eigenvalue weighted by Gasteiger charge is -2.22. The number of carbonyl (C=O) groups is 2. The van der Waals surface area contributed by atoms with Crippen LogP contribution in [-0.4, -0.2) is 50.6 Å². The van der Waals surface area contributed by atoms with Gasteiger partial charge in [-0.05, 0) is 23.3 Å². The van der Waals surface area contributed by atoms with Crippen LogP contribution >= 0.6 is 0 Å². The summed E-state index contributed by atoms with van der Waals surface area (Å²) in [4.78, 5) is 27.3. The van der Waals surface area contributed by atoms with Crippen LogP contribution in [0.1, 0.15) is 11.1 Å². The van der Waals surface area contributed by atoms with Crippen LogP contribution in [0.3, 0.4) is 0 Å². The maximum Gasteiger partial charge on any atom is 0.325 e. The van der Waals surface area contributed by atoms with E-state index in [-0.39, 0.29) is 19.0 Å². The van der Waals surface area contributed by atoms with Gasteiger partial charge in [0.25, 0.3) is 0 Å². The van der Waals surface area contributed by atoms with E-state index < -0.39 is 5.97 Å². The monoisotopic (exact) mass is 379 g/mol. The third-order valence-electron chi connectivity index (χ3n) is 4.28. The van der Waals surface area contributed by atoms with E-state index in [2.05, 4.69) is 15.4 Å². The molecular weight excluding hydrogens is 358 g/mol. The van der Waals surface area contributed by atoms with Gasteiger partial charge >= 0.3 is 5.97 Å². The molecule has 1 aromatic heterocycles. The predicted molar refractivity (Wildman–Crippen MR) is 102 cm³/mol. The van der Waals surface area contributed by atoms with Crippen LogP contribution in [-0.2, 0) is 27.4 Å². The Balaban J connectivity index is 1.75. The van der Waals surface area contributed by atoms with Crippen LogP contribution < -0.4 is 0 Å². The molecule has 0 radical (unpaired) electrons. The number of hydrogen-bond acceptors (Lipinski definition) is 6. The topological polar surface area (TPSA) is 90.2 Å². The number of nitrogens with zero attached hydrogens (tertiary/aromatic N) is 5. The maximum absolute atomic E-state index is 12.8. The molecule has 0 bridgehead atoms. The number of aromatic nitrogens is 4. The summed E-state index contributed by atoms with van der Waals surface area (Å²) < 4.78 is 4.73. The van der Waals surface area contributed by atoms with Crippen molar-refractivity contribution < 1.29 is 14.3 Å². The van der Waals surface area contributed by atoms with E-state index in [1.54, 1.807) is 0 Å². The fourth-order valence-electron chi connectivity index (χ4n) is 2.68. The highest BCUT2D eigenvalue weighted by atomic mass is 16.5. The van der Waals surface area contributed by atoms with Crippen molar-refractivity contribution in [3.05, 3.63) is 65.7 Å². The average Bonchev–Trinajstić information content (AvgIpc) is 3.18. The van der Waals surface area contributed by atoms with Crippen molar-refractivity contribution in [3.63, 3.8) is 0 Å². The molecule has 0 aliphatic carbocycles. The van der Waals surface area contributed by atoms with Gasteiger partial charge in [-0.15, -0.1) is 10.2 Å². The van der Waals surface area contributed by atoms with E-state index >= 15 is 0 Å². The van der Waals surface area contributed by atoms with Gasteiger partial charge in [-0.3, -0.25) is 9.59 Å². The minimum Gasteiger partial charge on any atom is -0.468 e. The molecule has 0 aliphatic rings. The quantitative estimate of drug-likeness (QED) is 0.582. The van der Waals surface area contributed by atoms with Crippen molar-refractivity contribution >= 4 is 11.9 Å². The standard InChI is InChI=1S/C20H21N5O3/c1-15-8-6-7-11-17(15)12-24(14-19(27)28-2)18(26)13-25-22-20(21-23-25)16-9-4-3-5-10-16/h3-11H,12-14H2,1-2H3. The van der Waals surface area contributed by atoms with Gasteiger partial charge in [0.1, 0.15) is 13.1 Å². The minimum absolute atomic E-state index is 0.122. The zero-order chi connectivity index (χ0) is 19.9. The van der Waals surface area contributed by atoms with E-state index in [0.717, 1.165) is 16.7 Å². The molecule has 0 unspecified atom stereocenters. The van der Waals surface area contributed by atoms with E-state index in [9.17, 15) is 9.59 Å². The lowest BCUT2D eigenvalue weighted by atomic mass is 10.1. The second-order valence-electron chi connectivity index (χ2n) is 6.26. The Hall–Kier alpha value is -3.55. The zero-order valence-corrected chi connectivity index (χ0v) is 15.8. The highest BCUT2D eigenvalue weighted by molar-refractivity contribution is 5.81. The van der Waals surface area contributed by atoms with Crippen LogP contribution in [0.4, 0.5) is 0 Å². The molecule has 0 saturated heterocycles. The number of rotatable bonds is 7. The molecule has 8 nitrogen and oxygen atoms in total. The zero-order valence-electron chi connectivity index (χ0n) is 15.8. The van der Waals surface area contributed by atoms with Gasteiger partial charge in [0, 0.05) is 12.1 Å². The van der Waals surface area contributed by atoms with Crippen molar-refractivity contribution in [2.24, 2.45) is 0 Å². The van der Waals surface area contributed by atoms with Crippen LogP contribution in [0.5, 0.6) is 0 Å². The summed E-state index contributed by atoms with van der Waals surface area (Å²) in [6.07, 6.45) is 0. The third-order valence-corrected chi connectivity index (χ3v) is 4.28. The van der Waals surface area contributed by atoms with Gasteiger partial charge < -0.3 is 9.64 Å². The summed E-state index contributed by atoms with van der Waals surface area (Å²) in [6, 6.07) is 17.1. The summed E-state index contributed by atoms with van der Waals surface area (Å²) in [5.41, 5.74) is 2.80. The van der Waals surface area contributed by atoms with Crippen LogP contribution in [0.25, 0.3) is 11.4 Å². The molecule has 28 heavy (non-hydrogen) atoms. The van der Waals surface area contributed by atoms with Crippen molar-refractivity contribution in [1.29, 1.82) is 0 Å². The number of hydrogen-bond donors (Lipinski definition) is 0. The molecule has 1 amide bonds. The lowest BCUT2D eigenvalue weighted by molar-refractivity contribution is -0.147. The number of amides is 1. The van der Waals surface area contributed by atoms with Gasteiger partial charge in [-0.25, -0.2) is 0 Å². The minimum atomic E-state index is -0.488. The van der Waals surface area contributed by atoms with E-state index in [4.69, 9.17) is 4.74 Å². The average molecular weight is 379 g/mol. The van der Waals surface area contributed by atoms with Crippen molar-refractivity contribution in [2.75, 3.05) is 13.7 Å². The summed E-state index contributed by atoms with van der Waals surface area (Å²) in [6.45, 7) is 1.98. The highest BCUT2D eigenvalue weighted by Crippen LogP contribution is 2.13. The smallest absolute Gasteiger partial charge is 0.325 e. The number of ether oxygens (including phenoxy) is 1. The predicted octanol–water partition coefficient (Wildman–Crippen LogP) is 1.85. The SMILES string of the molecule is COC(=O)CN(Cc1ccccc1C)C(=O)Cn1nnc(-c2ccccc2)n1. The molecule has 1 heterocycles. The number of tetrazole rings is 1. The Morgan fingerprint density at radius 1 is 1.07 bits per heavy atom. The van der Waals surface area contributed by atoms with Crippen LogP contribution in [0.2, 0.25) is 0 Å². The second-order valence-corrected chi connectivity index (χ2v) is 6.26. The number of benzene rings is 2. The lowest BCUT2D eigenvalue weighted by Crippen LogP contribution is -2.38. The van der Waals surface area contributed by atoms with Gasteiger partial charge in [0.2, 0.25) is 11.7 Å². The molecule has 3 aromatic rings. The van der Waals surface area contributed by atoms with Crippen molar-refractivity contribution in [2.45, 2.75) is 20.0 Å². The number of esters is 1. The van der Waals surface area contributed by atoms with Gasteiger partial charge in [0.15, 0.2) is 0 Å². The molecule has 0 aliphatic heterocycles. The summed E-state index contributed by atoms with van der Waals surface area (Å²) in [5.74, 6) is -0.351. The Kier molecular flexibility index (Phi) is 6.11. The summed E-state index contributed by atoms with van der Waals surface area (Å²) in [5, 5.41) is 12.2. The first-order chi connectivity index (χ1) is 13.6. The summed E-state index contributed by atoms with van der Waals surface area (Å²) in [7, 11) is 1.30. The molecule has 2 aromatic carbocycles. The van der Waals surface area contributed by atoms with Crippen LogP contribution in [0.15, 0.2) is 54.6 Å². The Bertz CT molecular complexity index is 955. The van der Waals surface area contributed by atoms with Crippen LogP contribution in [0, 0.1) is 6.92 Å². The third kappa shape index (κ3) is 4.79. The molecule has 144 valence electrons. The van der Waals surface area contributed by atoms with Gasteiger partial charge in [-0.2, -0.15) is 4.80 Å². The van der Waals surface area contributed by atoms with Crippen molar-refractivity contribution in [1.82, 2.24) is 25.1 Å². The van der Waals surface area contributed by atoms with Crippen molar-refractivity contribution in [3.8, 4) is 11.4 Å². The Labute approximate surface area is 162 Å². The number of carbonyl (C=O) groups excluding carboxylic acids is 2. The first kappa shape index (κ1) is 19.2. The Morgan fingerprint density at radius 3 is 2.50 bits per heavy atom. The van der Waals surface area contributed by atoms with E-state index in [0.29, 0.717) is 12.4 Å². The number of methoxy groups -OCH3 is 1. The maximum atomic E-state index is 12.8. The number of aryl methyl sites for hydroxylation is 1. The first-order valence-corrected chi connectivity index (χ1v) is 8.79. The van der Waals surface area contributed by atoms with E-state index in [1.807, 2.05) is 61.5 Å². The highest BCUT2D eigenvalue weighted by Gasteiger charge is 2.20. The molecule has 0 N–H and O–H groups in total. The molecule has 0 saturated carbocycles. The first-order valence-electron chi connectivity index (χ1n) is 8.79. The second kappa shape index (κ2) is 8.90. The van der Waals surface area contributed by atoms with Gasteiger partial charge in [-0.1, -0.05) is 54.6 Å². The van der Waals surface area contributed by atoms with Gasteiger partial charge in [0.05, 0.1) is 7.11 Å². The molecule has 0 fully saturated rings. The molecule has 0 spiro atoms. The molecule has 3 rings (SSSR count). The summed E-state index contributed by atoms with van der Waals surface area (Å²) >= 11 is 0. The largest absolute Gasteiger partial charge is 0.468 e. The molecule has 8 heteroatoms. The fraction of sp³-hybridized carbons (Fsp3) is 0.250. The van der Waals surface area contributed by atoms with E-state index in [1.165, 1.54) is 16.8 Å². The molecular formula is C20H21N5O3. The fourth-order valence-corrected chi connectivity index (χ4v) is 2.68. The Morgan fingerprint density at radius 2 is 1.79 bits per heavy atom. The normalized spacial score (nSPS) is 10.5.